The van der Waals surface area contributed by atoms with E-state index < -0.39 is 0 Å². The Morgan fingerprint density at radius 3 is 2.55 bits per heavy atom. The van der Waals surface area contributed by atoms with Crippen molar-refractivity contribution in [1.82, 2.24) is 29.1 Å². The molecule has 1 saturated heterocycles. The van der Waals surface area contributed by atoms with Crippen LogP contribution in [0.3, 0.4) is 0 Å². The van der Waals surface area contributed by atoms with Crippen LogP contribution in [-0.2, 0) is 6.54 Å². The summed E-state index contributed by atoms with van der Waals surface area (Å²) in [6, 6.07) is 13.4. The molecule has 1 amide bonds. The maximum atomic E-state index is 13.2. The van der Waals surface area contributed by atoms with Crippen LogP contribution in [0.25, 0.3) is 16.7 Å². The molecule has 4 aromatic rings. The number of nitrogens with zero attached hydrogens (tertiary/aromatic N) is 7. The van der Waals surface area contributed by atoms with Crippen LogP contribution in [0.2, 0.25) is 0 Å². The Kier molecular flexibility index (Phi) is 7.85. The lowest BCUT2D eigenvalue weighted by Crippen LogP contribution is -2.47. The van der Waals surface area contributed by atoms with Crippen LogP contribution in [0.5, 0.6) is 0 Å². The van der Waals surface area contributed by atoms with Gasteiger partial charge in [-0.15, -0.1) is 0 Å². The number of nitrogens with one attached hydrogen (secondary N) is 1. The molecule has 0 unspecified atom stereocenters. The number of carbonyl (C=O) groups excluding carboxylic acids is 1. The van der Waals surface area contributed by atoms with Gasteiger partial charge in [-0.3, -0.25) is 14.5 Å². The number of amides is 1. The Labute approximate surface area is 233 Å². The van der Waals surface area contributed by atoms with Gasteiger partial charge in [0.25, 0.3) is 11.5 Å². The number of aliphatic hydroxyl groups is 1. The van der Waals surface area contributed by atoms with Crippen molar-refractivity contribution in [3.8, 4) is 5.69 Å². The fourth-order valence-electron chi connectivity index (χ4n) is 5.24. The van der Waals surface area contributed by atoms with E-state index in [0.717, 1.165) is 44.0 Å². The fraction of sp³-hybridized carbons (Fsp3) is 0.379. The number of hydrogen-bond acceptors (Lipinski definition) is 8. The van der Waals surface area contributed by atoms with Gasteiger partial charge in [0.1, 0.15) is 5.39 Å². The van der Waals surface area contributed by atoms with Crippen LogP contribution in [0.1, 0.15) is 22.8 Å². The molecule has 40 heavy (non-hydrogen) atoms. The van der Waals surface area contributed by atoms with Gasteiger partial charge in [-0.2, -0.15) is 4.98 Å². The number of piperazine rings is 1. The van der Waals surface area contributed by atoms with Crippen LogP contribution in [0.4, 0.5) is 17.3 Å². The second kappa shape index (κ2) is 11.5. The van der Waals surface area contributed by atoms with Gasteiger partial charge in [0.05, 0.1) is 12.3 Å². The minimum Gasteiger partial charge on any atom is -0.395 e. The normalized spacial score (nSPS) is 14.1. The Morgan fingerprint density at radius 2 is 1.88 bits per heavy atom. The molecule has 3 heterocycles. The van der Waals surface area contributed by atoms with Crippen molar-refractivity contribution >= 4 is 34.3 Å². The number of fused-ring (bicyclic) bond motifs is 1. The molecule has 11 heteroatoms. The number of rotatable bonds is 8. The van der Waals surface area contributed by atoms with Crippen molar-refractivity contribution in [3.63, 3.8) is 0 Å². The maximum absolute atomic E-state index is 13.2. The second-order valence-electron chi connectivity index (χ2n) is 10.2. The highest BCUT2D eigenvalue weighted by molar-refractivity contribution is 5.94. The van der Waals surface area contributed by atoms with E-state index in [1.807, 2.05) is 19.1 Å². The molecule has 2 aromatic heterocycles. The van der Waals surface area contributed by atoms with Gasteiger partial charge in [-0.25, -0.2) is 14.3 Å². The lowest BCUT2D eigenvalue weighted by molar-refractivity contribution is 0.0827. The van der Waals surface area contributed by atoms with E-state index in [9.17, 15) is 14.7 Å². The fourth-order valence-corrected chi connectivity index (χ4v) is 5.24. The van der Waals surface area contributed by atoms with E-state index in [1.165, 1.54) is 10.6 Å². The smallest absolute Gasteiger partial charge is 0.278 e. The van der Waals surface area contributed by atoms with E-state index in [4.69, 9.17) is 4.98 Å². The summed E-state index contributed by atoms with van der Waals surface area (Å²) in [6.07, 6.45) is 1.55. The lowest BCUT2D eigenvalue weighted by Gasteiger charge is -2.36. The molecule has 0 bridgehead atoms. The van der Waals surface area contributed by atoms with E-state index in [2.05, 4.69) is 39.2 Å². The third-order valence-electron chi connectivity index (χ3n) is 7.30. The maximum Gasteiger partial charge on any atom is 0.278 e. The third-order valence-corrected chi connectivity index (χ3v) is 7.30. The van der Waals surface area contributed by atoms with E-state index in [-0.39, 0.29) is 18.1 Å². The predicted molar refractivity (Wildman–Crippen MR) is 157 cm³/mol. The van der Waals surface area contributed by atoms with Crippen LogP contribution in [0.15, 0.2) is 53.5 Å². The molecular weight excluding hydrogens is 508 g/mol. The zero-order valence-corrected chi connectivity index (χ0v) is 23.5. The molecule has 1 aliphatic heterocycles. The van der Waals surface area contributed by atoms with Gasteiger partial charge in [0.15, 0.2) is 5.65 Å². The highest BCUT2D eigenvalue weighted by Gasteiger charge is 2.20. The van der Waals surface area contributed by atoms with Crippen LogP contribution < -0.4 is 15.8 Å². The third kappa shape index (κ3) is 5.30. The van der Waals surface area contributed by atoms with Crippen LogP contribution in [-0.4, -0.2) is 93.6 Å². The van der Waals surface area contributed by atoms with E-state index >= 15 is 0 Å². The average Bonchev–Trinajstić information content (AvgIpc) is 3.24. The largest absolute Gasteiger partial charge is 0.395 e. The number of benzene rings is 2. The number of aryl methyl sites for hydroxylation is 1. The highest BCUT2D eigenvalue weighted by atomic mass is 16.3. The second-order valence-corrected chi connectivity index (χ2v) is 10.2. The van der Waals surface area contributed by atoms with Crippen LogP contribution in [0, 0.1) is 6.92 Å². The summed E-state index contributed by atoms with van der Waals surface area (Å²) in [4.78, 5) is 41.1. The predicted octanol–water partition coefficient (Wildman–Crippen LogP) is 2.47. The summed E-state index contributed by atoms with van der Waals surface area (Å²) in [5.74, 6) is 0.256. The van der Waals surface area contributed by atoms with Gasteiger partial charge in [-0.05, 0) is 55.8 Å². The van der Waals surface area contributed by atoms with Crippen molar-refractivity contribution in [1.29, 1.82) is 0 Å². The summed E-state index contributed by atoms with van der Waals surface area (Å²) < 4.78 is 3.35. The molecule has 0 saturated carbocycles. The molecule has 2 N–H and O–H groups in total. The molecule has 210 valence electrons. The number of aromatic nitrogens is 4. The minimum atomic E-state index is -0.187. The molecular formula is C29H36N8O3. The molecule has 0 atom stereocenters. The van der Waals surface area contributed by atoms with Crippen molar-refractivity contribution in [3.05, 3.63) is 70.1 Å². The number of anilines is 3. The zero-order chi connectivity index (χ0) is 28.4. The lowest BCUT2D eigenvalue weighted by atomic mass is 10.1. The first-order chi connectivity index (χ1) is 19.3. The molecule has 11 nitrogen and oxygen atoms in total. The molecule has 0 aliphatic carbocycles. The van der Waals surface area contributed by atoms with Crippen molar-refractivity contribution in [2.45, 2.75) is 20.4 Å². The van der Waals surface area contributed by atoms with Gasteiger partial charge in [0.2, 0.25) is 5.95 Å². The molecule has 5 rings (SSSR count). The first-order valence-electron chi connectivity index (χ1n) is 13.6. The van der Waals surface area contributed by atoms with Gasteiger partial charge >= 0.3 is 0 Å². The minimum absolute atomic E-state index is 0.119. The summed E-state index contributed by atoms with van der Waals surface area (Å²) in [5, 5.41) is 12.9. The van der Waals surface area contributed by atoms with Crippen molar-refractivity contribution in [2.24, 2.45) is 0 Å². The molecule has 0 spiro atoms. The van der Waals surface area contributed by atoms with Gasteiger partial charge in [-0.1, -0.05) is 6.07 Å². The van der Waals surface area contributed by atoms with Gasteiger partial charge in [0, 0.05) is 76.5 Å². The van der Waals surface area contributed by atoms with Crippen molar-refractivity contribution < 1.29 is 9.90 Å². The number of β-amino-alcohol motifs (C(OH)–C–C–N with tert-alkyl or cyclic N) is 1. The van der Waals surface area contributed by atoms with E-state index in [1.54, 1.807) is 47.9 Å². The summed E-state index contributed by atoms with van der Waals surface area (Å²) >= 11 is 0. The van der Waals surface area contributed by atoms with E-state index in [0.29, 0.717) is 34.8 Å². The first kappa shape index (κ1) is 27.4. The topological polar surface area (TPSA) is 112 Å². The highest BCUT2D eigenvalue weighted by Crippen LogP contribution is 2.26. The molecule has 0 radical (unpaired) electrons. The zero-order valence-electron chi connectivity index (χ0n) is 23.5. The van der Waals surface area contributed by atoms with Crippen LogP contribution >= 0.6 is 0 Å². The summed E-state index contributed by atoms with van der Waals surface area (Å²) in [7, 11) is 3.42. The summed E-state index contributed by atoms with van der Waals surface area (Å²) in [5.41, 5.74) is 4.65. The molecule has 1 aliphatic rings. The number of carbonyl (C=O) groups is 1. The number of aliphatic hydroxyl groups excluding tert-OH is 1. The number of hydrogen-bond donors (Lipinski definition) is 2. The quantitative estimate of drug-likeness (QED) is 0.348. The Morgan fingerprint density at radius 1 is 1.10 bits per heavy atom. The Balaban J connectivity index is 1.44. The summed E-state index contributed by atoms with van der Waals surface area (Å²) in [6.45, 7) is 9.02. The first-order valence-corrected chi connectivity index (χ1v) is 13.6. The molecule has 1 fully saturated rings. The monoisotopic (exact) mass is 544 g/mol. The van der Waals surface area contributed by atoms with Crippen molar-refractivity contribution in [2.75, 3.05) is 63.6 Å². The van der Waals surface area contributed by atoms with Gasteiger partial charge < -0.3 is 20.2 Å². The average molecular weight is 545 g/mol. The standard InChI is InChI=1S/C29H36N8O3/c1-5-36-28(40)24-19-30-29(32-26(24)37(36)23-8-6-7-21(18-23)27(39)33(3)4)31-22-9-10-25(20(2)17-22)35-13-11-34(12-14-35)15-16-38/h6-10,17-19,38H,5,11-16H2,1-4H3,(H,30,31,32). The SMILES string of the molecule is CCn1c(=O)c2cnc(Nc3ccc(N4CCN(CCO)CC4)c(C)c3)nc2n1-c1cccc(C(=O)N(C)C)c1. The molecule has 2 aromatic carbocycles. The Bertz CT molecular complexity index is 1580. The Hall–Kier alpha value is -4.22.